The number of rotatable bonds is 6. The van der Waals surface area contributed by atoms with Crippen molar-refractivity contribution in [2.45, 2.75) is 18.4 Å². The Bertz CT molecular complexity index is 944. The zero-order chi connectivity index (χ0) is 17.2. The summed E-state index contributed by atoms with van der Waals surface area (Å²) in [5.74, 6) is 0.628. The predicted octanol–water partition coefficient (Wildman–Crippen LogP) is 2.94. The quantitative estimate of drug-likeness (QED) is 0.748. The van der Waals surface area contributed by atoms with Crippen molar-refractivity contribution in [3.8, 4) is 5.75 Å². The van der Waals surface area contributed by atoms with E-state index in [9.17, 15) is 8.42 Å². The van der Waals surface area contributed by atoms with E-state index < -0.39 is 10.0 Å². The van der Waals surface area contributed by atoms with Crippen LogP contribution in [0.15, 0.2) is 59.5 Å². The van der Waals surface area contributed by atoms with E-state index in [0.717, 1.165) is 16.6 Å². The van der Waals surface area contributed by atoms with E-state index >= 15 is 0 Å². The molecular formula is C18H20N2O3S. The van der Waals surface area contributed by atoms with Crippen LogP contribution in [0.5, 0.6) is 5.75 Å². The fraction of sp³-hybridized carbons (Fsp3) is 0.222. The van der Waals surface area contributed by atoms with Crippen molar-refractivity contribution < 1.29 is 13.2 Å². The van der Waals surface area contributed by atoms with Crippen LogP contribution in [0.4, 0.5) is 0 Å². The number of fused-ring (bicyclic) bond motifs is 1. The number of nitrogens with zero attached hydrogens (tertiary/aromatic N) is 1. The summed E-state index contributed by atoms with van der Waals surface area (Å²) in [7, 11) is -1.98. The number of benzene rings is 2. The van der Waals surface area contributed by atoms with Gasteiger partial charge in [-0.25, -0.2) is 13.1 Å². The number of aryl methyl sites for hydroxylation is 1. The Kier molecular flexibility index (Phi) is 4.59. The number of nitrogens with one attached hydrogen (secondary N) is 1. The summed E-state index contributed by atoms with van der Waals surface area (Å²) in [4.78, 5) is 0.234. The Labute approximate surface area is 141 Å². The topological polar surface area (TPSA) is 60.3 Å². The van der Waals surface area contributed by atoms with Crippen molar-refractivity contribution in [2.75, 3.05) is 13.7 Å². The second kappa shape index (κ2) is 6.67. The van der Waals surface area contributed by atoms with Crippen LogP contribution in [-0.2, 0) is 16.6 Å². The average Bonchev–Trinajstić information content (AvgIpc) is 2.90. The molecule has 0 bridgehead atoms. The van der Waals surface area contributed by atoms with Gasteiger partial charge in [0, 0.05) is 24.3 Å². The van der Waals surface area contributed by atoms with Gasteiger partial charge in [0.2, 0.25) is 10.0 Å². The average molecular weight is 344 g/mol. The molecule has 0 saturated heterocycles. The number of methoxy groups -OCH3 is 1. The molecule has 0 spiro atoms. The monoisotopic (exact) mass is 344 g/mol. The highest BCUT2D eigenvalue weighted by Gasteiger charge is 2.14. The zero-order valence-electron chi connectivity index (χ0n) is 13.7. The van der Waals surface area contributed by atoms with E-state index in [1.165, 1.54) is 12.1 Å². The van der Waals surface area contributed by atoms with E-state index in [1.54, 1.807) is 19.2 Å². The van der Waals surface area contributed by atoms with Crippen molar-refractivity contribution in [1.29, 1.82) is 0 Å². The van der Waals surface area contributed by atoms with Gasteiger partial charge in [-0.05, 0) is 48.7 Å². The van der Waals surface area contributed by atoms with Gasteiger partial charge >= 0.3 is 0 Å². The number of aromatic nitrogens is 1. The van der Waals surface area contributed by atoms with Crippen LogP contribution in [0.1, 0.15) is 5.69 Å². The molecule has 0 aliphatic heterocycles. The summed E-state index contributed by atoms with van der Waals surface area (Å²) in [6.45, 7) is 2.93. The molecule has 24 heavy (non-hydrogen) atoms. The van der Waals surface area contributed by atoms with Gasteiger partial charge < -0.3 is 9.30 Å². The van der Waals surface area contributed by atoms with Crippen LogP contribution < -0.4 is 9.46 Å². The lowest BCUT2D eigenvalue weighted by atomic mass is 10.2. The molecule has 0 saturated carbocycles. The Hall–Kier alpha value is -2.31. The fourth-order valence-electron chi connectivity index (χ4n) is 2.78. The Morgan fingerprint density at radius 3 is 2.50 bits per heavy atom. The van der Waals surface area contributed by atoms with E-state index in [0.29, 0.717) is 18.8 Å². The summed E-state index contributed by atoms with van der Waals surface area (Å²) in [5.41, 5.74) is 2.22. The van der Waals surface area contributed by atoms with Gasteiger partial charge in [0.05, 0.1) is 12.0 Å². The van der Waals surface area contributed by atoms with Crippen LogP contribution in [-0.4, -0.2) is 26.6 Å². The molecule has 0 aliphatic rings. The number of ether oxygens (including phenoxy) is 1. The van der Waals surface area contributed by atoms with Crippen molar-refractivity contribution >= 4 is 20.9 Å². The lowest BCUT2D eigenvalue weighted by Gasteiger charge is -2.10. The van der Waals surface area contributed by atoms with Gasteiger partial charge in [-0.1, -0.05) is 18.2 Å². The molecular weight excluding hydrogens is 324 g/mol. The summed E-state index contributed by atoms with van der Waals surface area (Å²) < 4.78 is 34.5. The summed E-state index contributed by atoms with van der Waals surface area (Å²) in [6.07, 6.45) is 0. The maximum atomic E-state index is 12.3. The lowest BCUT2D eigenvalue weighted by molar-refractivity contribution is 0.414. The standard InChI is InChI=1S/C18H20N2O3S/c1-14-13-15-5-3-4-6-18(15)20(14)12-11-19-24(21,22)17-9-7-16(23-2)8-10-17/h3-10,13,19H,11-12H2,1-2H3. The summed E-state index contributed by atoms with van der Waals surface area (Å²) in [6, 6.07) is 16.5. The third-order valence-electron chi connectivity index (χ3n) is 4.01. The highest BCUT2D eigenvalue weighted by molar-refractivity contribution is 7.89. The highest BCUT2D eigenvalue weighted by atomic mass is 32.2. The van der Waals surface area contributed by atoms with E-state index in [4.69, 9.17) is 4.74 Å². The van der Waals surface area contributed by atoms with Crippen LogP contribution in [0.2, 0.25) is 0 Å². The van der Waals surface area contributed by atoms with Crippen LogP contribution in [0.3, 0.4) is 0 Å². The summed E-state index contributed by atoms with van der Waals surface area (Å²) in [5, 5.41) is 1.16. The van der Waals surface area contributed by atoms with E-state index in [1.807, 2.05) is 25.1 Å². The SMILES string of the molecule is COc1ccc(S(=O)(=O)NCCn2c(C)cc3ccccc32)cc1. The molecule has 0 aliphatic carbocycles. The van der Waals surface area contributed by atoms with Crippen molar-refractivity contribution in [3.05, 3.63) is 60.3 Å². The molecule has 1 heterocycles. The number of hydrogen-bond donors (Lipinski definition) is 1. The molecule has 1 N–H and O–H groups in total. The van der Waals surface area contributed by atoms with Gasteiger partial charge in [0.15, 0.2) is 0 Å². The third kappa shape index (κ3) is 3.29. The molecule has 3 rings (SSSR count). The Morgan fingerprint density at radius 2 is 1.79 bits per heavy atom. The third-order valence-corrected chi connectivity index (χ3v) is 5.49. The number of hydrogen-bond acceptors (Lipinski definition) is 3. The Morgan fingerprint density at radius 1 is 1.08 bits per heavy atom. The number of sulfonamides is 1. The molecule has 0 atom stereocenters. The molecule has 126 valence electrons. The van der Waals surface area contributed by atoms with Crippen molar-refractivity contribution in [2.24, 2.45) is 0 Å². The van der Waals surface area contributed by atoms with Gasteiger partial charge in [-0.3, -0.25) is 0 Å². The first-order valence-corrected chi connectivity index (χ1v) is 9.18. The molecule has 6 heteroatoms. The predicted molar refractivity (Wildman–Crippen MR) is 94.9 cm³/mol. The lowest BCUT2D eigenvalue weighted by Crippen LogP contribution is -2.27. The first-order valence-electron chi connectivity index (χ1n) is 7.70. The largest absolute Gasteiger partial charge is 0.497 e. The van der Waals surface area contributed by atoms with Gasteiger partial charge in [0.25, 0.3) is 0 Å². The molecule has 0 fully saturated rings. The zero-order valence-corrected chi connectivity index (χ0v) is 14.5. The maximum absolute atomic E-state index is 12.3. The van der Waals surface area contributed by atoms with E-state index in [-0.39, 0.29) is 4.90 Å². The van der Waals surface area contributed by atoms with Gasteiger partial charge in [-0.2, -0.15) is 0 Å². The van der Waals surface area contributed by atoms with E-state index in [2.05, 4.69) is 21.4 Å². The second-order valence-corrected chi connectivity index (χ2v) is 7.34. The van der Waals surface area contributed by atoms with Crippen molar-refractivity contribution in [1.82, 2.24) is 9.29 Å². The molecule has 0 amide bonds. The highest BCUT2D eigenvalue weighted by Crippen LogP contribution is 2.19. The van der Waals surface area contributed by atoms with Gasteiger partial charge in [-0.15, -0.1) is 0 Å². The number of para-hydroxylation sites is 1. The minimum absolute atomic E-state index is 0.234. The van der Waals surface area contributed by atoms with Crippen LogP contribution in [0, 0.1) is 6.92 Å². The first kappa shape index (κ1) is 16.5. The van der Waals surface area contributed by atoms with Crippen molar-refractivity contribution in [3.63, 3.8) is 0 Å². The first-order chi connectivity index (χ1) is 11.5. The minimum atomic E-state index is -3.52. The molecule has 2 aromatic carbocycles. The van der Waals surface area contributed by atoms with Crippen LogP contribution in [0.25, 0.3) is 10.9 Å². The molecule has 1 aromatic heterocycles. The normalized spacial score (nSPS) is 11.8. The fourth-order valence-corrected chi connectivity index (χ4v) is 3.80. The molecule has 0 radical (unpaired) electrons. The molecule has 0 unspecified atom stereocenters. The second-order valence-electron chi connectivity index (χ2n) is 5.57. The molecule has 5 nitrogen and oxygen atoms in total. The summed E-state index contributed by atoms with van der Waals surface area (Å²) >= 11 is 0. The minimum Gasteiger partial charge on any atom is -0.497 e. The molecule has 3 aromatic rings. The Balaban J connectivity index is 1.71. The maximum Gasteiger partial charge on any atom is 0.240 e. The van der Waals surface area contributed by atoms with Crippen LogP contribution >= 0.6 is 0 Å². The smallest absolute Gasteiger partial charge is 0.240 e. The van der Waals surface area contributed by atoms with Gasteiger partial charge in [0.1, 0.15) is 5.75 Å².